The van der Waals surface area contributed by atoms with E-state index >= 15 is 0 Å². The lowest BCUT2D eigenvalue weighted by Gasteiger charge is -2.11. The molecule has 1 atom stereocenters. The van der Waals surface area contributed by atoms with Crippen LogP contribution in [0, 0.1) is 0 Å². The molecule has 0 aliphatic rings. The Bertz CT molecular complexity index is 293. The van der Waals surface area contributed by atoms with E-state index in [2.05, 4.69) is 22.4 Å². The number of nitrogens with zero attached hydrogens (tertiary/aromatic N) is 2. The lowest BCUT2D eigenvalue weighted by Crippen LogP contribution is -2.10. The van der Waals surface area contributed by atoms with Crippen LogP contribution >= 0.6 is 0 Å². The normalized spacial score (nSPS) is 13.1. The zero-order valence-corrected chi connectivity index (χ0v) is 10.5. The fourth-order valence-corrected chi connectivity index (χ4v) is 1.42. The molecule has 5 heteroatoms. The van der Waals surface area contributed by atoms with Gasteiger partial charge in [-0.05, 0) is 27.2 Å². The maximum Gasteiger partial charge on any atom is 0.321 e. The lowest BCUT2D eigenvalue weighted by molar-refractivity contribution is 0.0478. The van der Waals surface area contributed by atoms with Crippen molar-refractivity contribution in [2.75, 3.05) is 11.9 Å². The molecule has 0 aliphatic heterocycles. The summed E-state index contributed by atoms with van der Waals surface area (Å²) in [5.74, 6) is 0.631. The van der Waals surface area contributed by atoms with Crippen LogP contribution in [0.1, 0.15) is 52.5 Å². The van der Waals surface area contributed by atoms with E-state index in [0.717, 1.165) is 12.8 Å². The zero-order valence-electron chi connectivity index (χ0n) is 10.5. The van der Waals surface area contributed by atoms with Crippen molar-refractivity contribution in [1.82, 2.24) is 10.1 Å². The third-order valence-corrected chi connectivity index (χ3v) is 2.06. The quantitative estimate of drug-likeness (QED) is 0.776. The standard InChI is InChI=1S/C11H21N3O2/c1-5-7-9(15-6-2)10-13-11(16-14-10)12-8(3)4/h8-9H,5-7H2,1-4H3,(H,12,13,14). The van der Waals surface area contributed by atoms with Gasteiger partial charge in [-0.15, -0.1) is 0 Å². The van der Waals surface area contributed by atoms with Crippen molar-refractivity contribution in [3.63, 3.8) is 0 Å². The molecule has 0 amide bonds. The number of hydrogen-bond donors (Lipinski definition) is 1. The van der Waals surface area contributed by atoms with Crippen LogP contribution in [-0.4, -0.2) is 22.8 Å². The van der Waals surface area contributed by atoms with E-state index in [1.807, 2.05) is 20.8 Å². The first-order valence-electron chi connectivity index (χ1n) is 5.89. The molecular formula is C11H21N3O2. The number of anilines is 1. The highest BCUT2D eigenvalue weighted by Crippen LogP contribution is 2.21. The van der Waals surface area contributed by atoms with Crippen LogP contribution in [0.15, 0.2) is 4.52 Å². The molecule has 0 spiro atoms. The van der Waals surface area contributed by atoms with E-state index in [0.29, 0.717) is 18.4 Å². The van der Waals surface area contributed by atoms with Crippen LogP contribution in [0.5, 0.6) is 0 Å². The Balaban J connectivity index is 2.65. The van der Waals surface area contributed by atoms with Crippen molar-refractivity contribution >= 4 is 6.01 Å². The van der Waals surface area contributed by atoms with E-state index < -0.39 is 0 Å². The van der Waals surface area contributed by atoms with Gasteiger partial charge in [-0.1, -0.05) is 18.5 Å². The number of aromatic nitrogens is 2. The largest absolute Gasteiger partial charge is 0.370 e. The molecule has 1 aromatic heterocycles. The Hall–Kier alpha value is -1.10. The van der Waals surface area contributed by atoms with Crippen LogP contribution in [0.25, 0.3) is 0 Å². The first-order chi connectivity index (χ1) is 7.67. The summed E-state index contributed by atoms with van der Waals surface area (Å²) in [7, 11) is 0. The van der Waals surface area contributed by atoms with Gasteiger partial charge in [0.2, 0.25) is 5.82 Å². The summed E-state index contributed by atoms with van der Waals surface area (Å²) in [4.78, 5) is 4.27. The molecule has 1 N–H and O–H groups in total. The van der Waals surface area contributed by atoms with Crippen LogP contribution < -0.4 is 5.32 Å². The number of hydrogen-bond acceptors (Lipinski definition) is 5. The Labute approximate surface area is 96.6 Å². The van der Waals surface area contributed by atoms with E-state index in [1.54, 1.807) is 0 Å². The average molecular weight is 227 g/mol. The SMILES string of the molecule is CCCC(OCC)c1noc(NC(C)C)n1. The summed E-state index contributed by atoms with van der Waals surface area (Å²) < 4.78 is 10.7. The smallest absolute Gasteiger partial charge is 0.321 e. The van der Waals surface area contributed by atoms with Crippen LogP contribution in [0.3, 0.4) is 0 Å². The Kier molecular flexibility index (Phi) is 5.25. The van der Waals surface area contributed by atoms with E-state index in [9.17, 15) is 0 Å². The lowest BCUT2D eigenvalue weighted by atomic mass is 10.2. The predicted octanol–water partition coefficient (Wildman–Crippen LogP) is 2.77. The van der Waals surface area contributed by atoms with Crippen molar-refractivity contribution in [2.45, 2.75) is 52.7 Å². The van der Waals surface area contributed by atoms with Gasteiger partial charge in [-0.3, -0.25) is 0 Å². The summed E-state index contributed by atoms with van der Waals surface area (Å²) in [5, 5.41) is 7.00. The van der Waals surface area contributed by atoms with E-state index in [4.69, 9.17) is 9.26 Å². The molecule has 5 nitrogen and oxygen atoms in total. The first-order valence-corrected chi connectivity index (χ1v) is 5.89. The van der Waals surface area contributed by atoms with Gasteiger partial charge in [0.1, 0.15) is 6.10 Å². The molecule has 0 fully saturated rings. The molecule has 0 radical (unpaired) electrons. The van der Waals surface area contributed by atoms with Gasteiger partial charge in [-0.2, -0.15) is 4.98 Å². The van der Waals surface area contributed by atoms with Gasteiger partial charge < -0.3 is 14.6 Å². The number of rotatable bonds is 7. The molecule has 92 valence electrons. The van der Waals surface area contributed by atoms with Gasteiger partial charge in [0.05, 0.1) is 0 Å². The van der Waals surface area contributed by atoms with Gasteiger partial charge >= 0.3 is 6.01 Å². The minimum atomic E-state index is -0.0542. The van der Waals surface area contributed by atoms with Crippen LogP contribution in [0.2, 0.25) is 0 Å². The maximum absolute atomic E-state index is 5.57. The molecule has 0 aliphatic carbocycles. The van der Waals surface area contributed by atoms with Crippen LogP contribution in [-0.2, 0) is 4.74 Å². The summed E-state index contributed by atoms with van der Waals surface area (Å²) >= 11 is 0. The second kappa shape index (κ2) is 6.48. The summed E-state index contributed by atoms with van der Waals surface area (Å²) in [6.45, 7) is 8.79. The summed E-state index contributed by atoms with van der Waals surface area (Å²) in [5.41, 5.74) is 0. The highest BCUT2D eigenvalue weighted by Gasteiger charge is 2.17. The first kappa shape index (κ1) is 13.0. The third kappa shape index (κ3) is 3.81. The summed E-state index contributed by atoms with van der Waals surface area (Å²) in [6, 6.07) is 0.746. The molecule has 0 saturated heterocycles. The zero-order chi connectivity index (χ0) is 12.0. The Morgan fingerprint density at radius 3 is 2.69 bits per heavy atom. The Morgan fingerprint density at radius 2 is 2.12 bits per heavy atom. The van der Waals surface area contributed by atoms with Crippen LogP contribution in [0.4, 0.5) is 6.01 Å². The van der Waals surface area contributed by atoms with Gasteiger partial charge in [0, 0.05) is 12.6 Å². The van der Waals surface area contributed by atoms with E-state index in [1.165, 1.54) is 0 Å². The number of ether oxygens (including phenoxy) is 1. The van der Waals surface area contributed by atoms with Gasteiger partial charge in [0.15, 0.2) is 0 Å². The second-order valence-corrected chi connectivity index (χ2v) is 3.99. The van der Waals surface area contributed by atoms with Gasteiger partial charge in [-0.25, -0.2) is 0 Å². The fraction of sp³-hybridized carbons (Fsp3) is 0.818. The maximum atomic E-state index is 5.57. The van der Waals surface area contributed by atoms with Crippen molar-refractivity contribution in [1.29, 1.82) is 0 Å². The number of nitrogens with one attached hydrogen (secondary N) is 1. The van der Waals surface area contributed by atoms with Crippen molar-refractivity contribution < 1.29 is 9.26 Å². The fourth-order valence-electron chi connectivity index (χ4n) is 1.42. The summed E-state index contributed by atoms with van der Waals surface area (Å²) in [6.07, 6.45) is 1.89. The minimum absolute atomic E-state index is 0.0542. The molecule has 0 aromatic carbocycles. The minimum Gasteiger partial charge on any atom is -0.370 e. The monoisotopic (exact) mass is 227 g/mol. The molecule has 0 bridgehead atoms. The topological polar surface area (TPSA) is 60.2 Å². The highest BCUT2D eigenvalue weighted by atomic mass is 16.5. The molecular weight excluding hydrogens is 206 g/mol. The molecule has 0 saturated carbocycles. The van der Waals surface area contributed by atoms with E-state index in [-0.39, 0.29) is 12.1 Å². The van der Waals surface area contributed by atoms with Crippen molar-refractivity contribution in [3.8, 4) is 0 Å². The van der Waals surface area contributed by atoms with Crippen molar-refractivity contribution in [3.05, 3.63) is 5.82 Å². The predicted molar refractivity (Wildman–Crippen MR) is 62.3 cm³/mol. The molecule has 1 aromatic rings. The molecule has 1 heterocycles. The molecule has 16 heavy (non-hydrogen) atoms. The highest BCUT2D eigenvalue weighted by molar-refractivity contribution is 5.19. The van der Waals surface area contributed by atoms with Crippen molar-refractivity contribution in [2.24, 2.45) is 0 Å². The third-order valence-electron chi connectivity index (χ3n) is 2.06. The molecule has 1 rings (SSSR count). The second-order valence-electron chi connectivity index (χ2n) is 3.99. The average Bonchev–Trinajstić information content (AvgIpc) is 2.65. The van der Waals surface area contributed by atoms with Gasteiger partial charge in [0.25, 0.3) is 0 Å². The Morgan fingerprint density at radius 1 is 1.38 bits per heavy atom. The molecule has 1 unspecified atom stereocenters.